The lowest BCUT2D eigenvalue weighted by atomic mass is 10.1. The van der Waals surface area contributed by atoms with Crippen LogP contribution in [-0.2, 0) is 4.74 Å². The topological polar surface area (TPSA) is 45.1 Å². The number of hydrogen-bond acceptors (Lipinski definition) is 4. The Hall–Kier alpha value is -2.66. The molecule has 1 unspecified atom stereocenters. The predicted molar refractivity (Wildman–Crippen MR) is 117 cm³/mol. The summed E-state index contributed by atoms with van der Waals surface area (Å²) in [4.78, 5) is 6.85. The van der Waals surface area contributed by atoms with E-state index in [-0.39, 0.29) is 0 Å². The summed E-state index contributed by atoms with van der Waals surface area (Å²) in [5, 5.41) is 9.17. The summed E-state index contributed by atoms with van der Waals surface area (Å²) in [5.74, 6) is 0.389. The Balaban J connectivity index is 3.13. The van der Waals surface area contributed by atoms with E-state index in [0.717, 1.165) is 23.5 Å². The minimum absolute atomic E-state index is 0.389. The second kappa shape index (κ2) is 12.7. The van der Waals surface area contributed by atoms with Gasteiger partial charge in [-0.05, 0) is 37.6 Å². The van der Waals surface area contributed by atoms with Crippen LogP contribution in [0.2, 0.25) is 0 Å². The number of aliphatic hydroxyl groups excluding tert-OH is 1. The number of anilines is 1. The molecule has 1 atom stereocenters. The highest BCUT2D eigenvalue weighted by molar-refractivity contribution is 5.99. The highest BCUT2D eigenvalue weighted by Crippen LogP contribution is 2.17. The number of hydrogen-bond donors (Lipinski definition) is 1. The summed E-state index contributed by atoms with van der Waals surface area (Å²) in [5.41, 5.74) is 3.72. The monoisotopic (exact) mass is 386 g/mol. The molecule has 0 saturated carbocycles. The van der Waals surface area contributed by atoms with Crippen molar-refractivity contribution in [2.24, 2.45) is 4.99 Å². The van der Waals surface area contributed by atoms with Gasteiger partial charge in [-0.15, -0.1) is 6.58 Å². The van der Waals surface area contributed by atoms with Crippen LogP contribution in [0.3, 0.4) is 0 Å². The number of allylic oxidation sites excluding steroid dienone is 4. The molecule has 0 heterocycles. The van der Waals surface area contributed by atoms with E-state index < -0.39 is 19.4 Å². The lowest BCUT2D eigenvalue weighted by molar-refractivity contribution is 0.0464. The molecule has 5 heteroatoms. The Morgan fingerprint density at radius 2 is 2.00 bits per heavy atom. The number of aliphatic hydroxyl groups is 1. The van der Waals surface area contributed by atoms with E-state index >= 15 is 0 Å². The van der Waals surface area contributed by atoms with Crippen LogP contribution in [-0.4, -0.2) is 43.8 Å². The molecule has 0 amide bonds. The first kappa shape index (κ1) is 23.4. The van der Waals surface area contributed by atoms with Crippen molar-refractivity contribution in [1.82, 2.24) is 0 Å². The van der Waals surface area contributed by atoms with Gasteiger partial charge in [0.25, 0.3) is 0 Å². The summed E-state index contributed by atoms with van der Waals surface area (Å²) in [6.07, 6.45) is 6.22. The van der Waals surface area contributed by atoms with Crippen molar-refractivity contribution in [2.45, 2.75) is 26.4 Å². The Morgan fingerprint density at radius 1 is 1.32 bits per heavy atom. The van der Waals surface area contributed by atoms with Gasteiger partial charge >= 0.3 is 0 Å². The molecule has 1 aromatic carbocycles. The summed E-state index contributed by atoms with van der Waals surface area (Å²) in [7, 11) is 2.05. The van der Waals surface area contributed by atoms with Gasteiger partial charge in [-0.25, -0.2) is 4.39 Å². The summed E-state index contributed by atoms with van der Waals surface area (Å²) < 4.78 is 18.4. The van der Waals surface area contributed by atoms with E-state index in [4.69, 9.17) is 14.8 Å². The fraction of sp³-hybridized carbons (Fsp3) is 0.348. The van der Waals surface area contributed by atoms with Crippen molar-refractivity contribution < 1.29 is 14.2 Å². The molecule has 0 fully saturated rings. The predicted octanol–water partition coefficient (Wildman–Crippen LogP) is 4.83. The van der Waals surface area contributed by atoms with E-state index in [1.165, 1.54) is 0 Å². The molecule has 0 aliphatic rings. The Kier molecular flexibility index (Phi) is 10.6. The minimum atomic E-state index is -0.916. The summed E-state index contributed by atoms with van der Waals surface area (Å²) in [6.45, 7) is 11.2. The standard InChI is InChI=1S/C23H31FN2O2/c1-6-9-20(15-22(10-7-2)28-23(16-24)17-27)25-18(4)19-11-13-21(14-12-19)26(5)8-3/h6-7,10-15,23,27H,1-2,8-9,16-17H2,3-5H3/b20-15+,22-10+,25-18+. The van der Waals surface area contributed by atoms with Gasteiger partial charge in [0, 0.05) is 43.2 Å². The molecule has 4 nitrogen and oxygen atoms in total. The average molecular weight is 387 g/mol. The molecule has 0 spiro atoms. The van der Waals surface area contributed by atoms with Crippen LogP contribution in [0.5, 0.6) is 0 Å². The Labute approximate surface area is 168 Å². The fourth-order valence-electron chi connectivity index (χ4n) is 2.42. The largest absolute Gasteiger partial charge is 0.485 e. The molecule has 0 bridgehead atoms. The van der Waals surface area contributed by atoms with E-state index in [1.807, 2.05) is 26.1 Å². The summed E-state index contributed by atoms with van der Waals surface area (Å²) >= 11 is 0. The number of aliphatic imine (C=N–C) groups is 1. The van der Waals surface area contributed by atoms with Gasteiger partial charge in [0.05, 0.1) is 6.61 Å². The number of rotatable bonds is 12. The fourth-order valence-corrected chi connectivity index (χ4v) is 2.42. The van der Waals surface area contributed by atoms with Gasteiger partial charge in [-0.2, -0.15) is 0 Å². The van der Waals surface area contributed by atoms with Crippen molar-refractivity contribution >= 4 is 11.4 Å². The van der Waals surface area contributed by atoms with Crippen LogP contribution >= 0.6 is 0 Å². The molecule has 1 N–H and O–H groups in total. The van der Waals surface area contributed by atoms with Gasteiger partial charge in [0.2, 0.25) is 0 Å². The minimum Gasteiger partial charge on any atom is -0.485 e. The zero-order valence-electron chi connectivity index (χ0n) is 17.1. The van der Waals surface area contributed by atoms with Crippen LogP contribution in [0, 0.1) is 0 Å². The molecule has 0 aliphatic carbocycles. The van der Waals surface area contributed by atoms with Gasteiger partial charge < -0.3 is 14.7 Å². The van der Waals surface area contributed by atoms with E-state index in [1.54, 1.807) is 24.3 Å². The SMILES string of the molecule is C=C\C=C(/C=C(CC=C)/N=C(\C)c1ccc(N(C)CC)cc1)OC(CO)CF. The van der Waals surface area contributed by atoms with E-state index in [0.29, 0.717) is 17.9 Å². The van der Waals surface area contributed by atoms with E-state index in [2.05, 4.69) is 37.1 Å². The quantitative estimate of drug-likeness (QED) is 0.242. The van der Waals surface area contributed by atoms with Crippen LogP contribution in [0.4, 0.5) is 10.1 Å². The molecule has 1 aromatic rings. The first-order valence-electron chi connectivity index (χ1n) is 9.33. The normalized spacial score (nSPS) is 13.8. The highest BCUT2D eigenvalue weighted by atomic mass is 19.1. The molecular weight excluding hydrogens is 355 g/mol. The van der Waals surface area contributed by atoms with Crippen LogP contribution in [0.15, 0.2) is 78.2 Å². The molecule has 28 heavy (non-hydrogen) atoms. The second-order valence-corrected chi connectivity index (χ2v) is 6.27. The number of halogens is 1. The summed E-state index contributed by atoms with van der Waals surface area (Å²) in [6, 6.07) is 8.20. The number of nitrogens with zero attached hydrogens (tertiary/aromatic N) is 2. The lowest BCUT2D eigenvalue weighted by Crippen LogP contribution is -2.19. The molecule has 152 valence electrons. The second-order valence-electron chi connectivity index (χ2n) is 6.27. The Morgan fingerprint density at radius 3 is 2.50 bits per heavy atom. The van der Waals surface area contributed by atoms with E-state index in [9.17, 15) is 4.39 Å². The van der Waals surface area contributed by atoms with Gasteiger partial charge in [-0.1, -0.05) is 30.9 Å². The zero-order valence-corrected chi connectivity index (χ0v) is 17.1. The van der Waals surface area contributed by atoms with Crippen molar-refractivity contribution in [3.8, 4) is 0 Å². The van der Waals surface area contributed by atoms with Gasteiger partial charge in [0.1, 0.15) is 18.5 Å². The number of benzene rings is 1. The van der Waals surface area contributed by atoms with Crippen LogP contribution in [0.1, 0.15) is 25.8 Å². The molecule has 1 rings (SSSR count). The lowest BCUT2D eigenvalue weighted by Gasteiger charge is -2.17. The maximum atomic E-state index is 12.9. The van der Waals surface area contributed by atoms with Crippen molar-refractivity contribution in [3.63, 3.8) is 0 Å². The zero-order chi connectivity index (χ0) is 20.9. The maximum Gasteiger partial charge on any atom is 0.150 e. The van der Waals surface area contributed by atoms with Gasteiger partial charge in [-0.3, -0.25) is 4.99 Å². The average Bonchev–Trinajstić information content (AvgIpc) is 2.71. The molecule has 0 aliphatic heterocycles. The van der Waals surface area contributed by atoms with Crippen LogP contribution in [0.25, 0.3) is 0 Å². The van der Waals surface area contributed by atoms with Crippen LogP contribution < -0.4 is 4.90 Å². The third-order valence-electron chi connectivity index (χ3n) is 4.13. The maximum absolute atomic E-state index is 12.9. The highest BCUT2D eigenvalue weighted by Gasteiger charge is 2.10. The molecule has 0 saturated heterocycles. The molecule has 0 aromatic heterocycles. The van der Waals surface area contributed by atoms with Crippen molar-refractivity contribution in [2.75, 3.05) is 31.8 Å². The molecular formula is C23H31FN2O2. The smallest absolute Gasteiger partial charge is 0.150 e. The number of alkyl halides is 1. The third kappa shape index (κ3) is 7.53. The Bertz CT molecular complexity index is 717. The third-order valence-corrected chi connectivity index (χ3v) is 4.13. The molecule has 0 radical (unpaired) electrons. The van der Waals surface area contributed by atoms with Gasteiger partial charge in [0.15, 0.2) is 0 Å². The first-order valence-corrected chi connectivity index (χ1v) is 9.33. The van der Waals surface area contributed by atoms with Crippen molar-refractivity contribution in [3.05, 3.63) is 78.7 Å². The van der Waals surface area contributed by atoms with Crippen molar-refractivity contribution in [1.29, 1.82) is 0 Å². The first-order chi connectivity index (χ1) is 13.5. The number of ether oxygens (including phenoxy) is 1.